The largest absolute Gasteiger partial charge is 0.456 e. The summed E-state index contributed by atoms with van der Waals surface area (Å²) in [5, 5.41) is 4.45. The van der Waals surface area contributed by atoms with Crippen molar-refractivity contribution in [3.05, 3.63) is 46.7 Å². The second-order valence-electron chi connectivity index (χ2n) is 5.60. The maximum Gasteiger partial charge on any atom is 0.306 e. The molecule has 2 aromatic rings. The van der Waals surface area contributed by atoms with E-state index in [-0.39, 0.29) is 11.3 Å². The van der Waals surface area contributed by atoms with E-state index in [1.54, 1.807) is 17.4 Å². The van der Waals surface area contributed by atoms with Crippen LogP contribution in [0.5, 0.6) is 0 Å². The second-order valence-corrected chi connectivity index (χ2v) is 8.79. The number of carbonyl (C=O) groups excluding carboxylic acids is 2. The number of aryl methyl sites for hydroxylation is 1. The Morgan fingerprint density at radius 1 is 1.19 bits per heavy atom. The van der Waals surface area contributed by atoms with Crippen molar-refractivity contribution in [3.63, 3.8) is 0 Å². The number of thiophene rings is 1. The van der Waals surface area contributed by atoms with Gasteiger partial charge in [-0.1, -0.05) is 12.1 Å². The van der Waals surface area contributed by atoms with Gasteiger partial charge in [0, 0.05) is 24.7 Å². The van der Waals surface area contributed by atoms with Gasteiger partial charge in [0.15, 0.2) is 6.61 Å². The van der Waals surface area contributed by atoms with Gasteiger partial charge < -0.3 is 10.1 Å². The molecule has 0 spiro atoms. The van der Waals surface area contributed by atoms with Crippen molar-refractivity contribution in [2.24, 2.45) is 0 Å². The standard InChI is InChI=1S/C17H20N2O5S2/c1-19(2)26(22,23)15-7-3-5-13(11-15)18-16(20)12-24-17(21)9-8-14-6-4-10-25-14/h3-7,10-11H,8-9,12H2,1-2H3,(H,18,20). The fraction of sp³-hybridized carbons (Fsp3) is 0.294. The van der Waals surface area contributed by atoms with Crippen molar-refractivity contribution in [2.75, 3.05) is 26.0 Å². The monoisotopic (exact) mass is 396 g/mol. The molecule has 1 aromatic carbocycles. The summed E-state index contributed by atoms with van der Waals surface area (Å²) in [5.74, 6) is -0.994. The molecule has 26 heavy (non-hydrogen) atoms. The Morgan fingerprint density at radius 2 is 1.96 bits per heavy atom. The van der Waals surface area contributed by atoms with Crippen LogP contribution in [0.3, 0.4) is 0 Å². The number of hydrogen-bond acceptors (Lipinski definition) is 6. The first kappa shape index (κ1) is 20.1. The first-order valence-corrected chi connectivity index (χ1v) is 10.1. The topological polar surface area (TPSA) is 92.8 Å². The van der Waals surface area contributed by atoms with Gasteiger partial charge in [0.2, 0.25) is 10.0 Å². The number of anilines is 1. The first-order chi connectivity index (χ1) is 12.3. The third-order valence-electron chi connectivity index (χ3n) is 3.42. The molecular formula is C17H20N2O5S2. The zero-order chi connectivity index (χ0) is 19.2. The average Bonchev–Trinajstić information content (AvgIpc) is 3.12. The number of ether oxygens (including phenoxy) is 1. The predicted octanol–water partition coefficient (Wildman–Crippen LogP) is 2.11. The van der Waals surface area contributed by atoms with E-state index in [0.29, 0.717) is 12.1 Å². The number of benzene rings is 1. The SMILES string of the molecule is CN(C)S(=O)(=O)c1cccc(NC(=O)COC(=O)CCc2cccs2)c1. The molecule has 1 heterocycles. The summed E-state index contributed by atoms with van der Waals surface area (Å²) in [6.07, 6.45) is 0.771. The fourth-order valence-electron chi connectivity index (χ4n) is 2.04. The Hall–Kier alpha value is -2.23. The van der Waals surface area contributed by atoms with Gasteiger partial charge in [-0.2, -0.15) is 0 Å². The van der Waals surface area contributed by atoms with Crippen LogP contribution in [-0.4, -0.2) is 45.3 Å². The zero-order valence-corrected chi connectivity index (χ0v) is 16.1. The lowest BCUT2D eigenvalue weighted by molar-refractivity contribution is -0.147. The second kappa shape index (κ2) is 8.93. The van der Waals surface area contributed by atoms with Gasteiger partial charge in [0.1, 0.15) is 0 Å². The van der Waals surface area contributed by atoms with E-state index < -0.39 is 28.5 Å². The van der Waals surface area contributed by atoms with Crippen LogP contribution in [0.1, 0.15) is 11.3 Å². The van der Waals surface area contributed by atoms with Crippen LogP contribution < -0.4 is 5.32 Å². The molecule has 0 radical (unpaired) electrons. The van der Waals surface area contributed by atoms with E-state index in [0.717, 1.165) is 9.18 Å². The Labute approximate surface area is 156 Å². The highest BCUT2D eigenvalue weighted by atomic mass is 32.2. The molecule has 0 aliphatic heterocycles. The maximum atomic E-state index is 12.1. The molecule has 0 unspecified atom stereocenters. The molecule has 2 rings (SSSR count). The number of esters is 1. The number of rotatable bonds is 8. The van der Waals surface area contributed by atoms with E-state index >= 15 is 0 Å². The van der Waals surface area contributed by atoms with Crippen LogP contribution in [0, 0.1) is 0 Å². The summed E-state index contributed by atoms with van der Waals surface area (Å²) in [6, 6.07) is 9.72. The summed E-state index contributed by atoms with van der Waals surface area (Å²) in [5.41, 5.74) is 0.313. The van der Waals surface area contributed by atoms with Gasteiger partial charge in [0.25, 0.3) is 5.91 Å². The van der Waals surface area contributed by atoms with Gasteiger partial charge in [0.05, 0.1) is 11.3 Å². The summed E-state index contributed by atoms with van der Waals surface area (Å²) in [4.78, 5) is 24.7. The highest BCUT2D eigenvalue weighted by molar-refractivity contribution is 7.89. The molecule has 0 saturated carbocycles. The van der Waals surface area contributed by atoms with Crippen LogP contribution in [0.25, 0.3) is 0 Å². The van der Waals surface area contributed by atoms with Crippen LogP contribution in [0.15, 0.2) is 46.7 Å². The van der Waals surface area contributed by atoms with Gasteiger partial charge in [-0.15, -0.1) is 11.3 Å². The van der Waals surface area contributed by atoms with Crippen molar-refractivity contribution in [1.82, 2.24) is 4.31 Å². The molecule has 0 aliphatic carbocycles. The highest BCUT2D eigenvalue weighted by Gasteiger charge is 2.17. The number of sulfonamides is 1. The predicted molar refractivity (Wildman–Crippen MR) is 99.5 cm³/mol. The molecule has 9 heteroatoms. The van der Waals surface area contributed by atoms with Crippen molar-refractivity contribution in [1.29, 1.82) is 0 Å². The van der Waals surface area contributed by atoms with Crippen LogP contribution >= 0.6 is 11.3 Å². The van der Waals surface area contributed by atoms with Gasteiger partial charge in [-0.25, -0.2) is 12.7 Å². The van der Waals surface area contributed by atoms with Crippen LogP contribution in [0.4, 0.5) is 5.69 Å². The van der Waals surface area contributed by atoms with Crippen molar-refractivity contribution in [3.8, 4) is 0 Å². The lowest BCUT2D eigenvalue weighted by Crippen LogP contribution is -2.23. The Bertz CT molecular complexity index is 861. The summed E-state index contributed by atoms with van der Waals surface area (Å²) < 4.78 is 30.2. The zero-order valence-electron chi connectivity index (χ0n) is 14.5. The first-order valence-electron chi connectivity index (χ1n) is 7.79. The van der Waals surface area contributed by atoms with E-state index in [1.807, 2.05) is 17.5 Å². The fourth-order valence-corrected chi connectivity index (χ4v) is 3.70. The number of amides is 1. The van der Waals surface area contributed by atoms with Crippen molar-refractivity contribution in [2.45, 2.75) is 17.7 Å². The summed E-state index contributed by atoms with van der Waals surface area (Å²) in [7, 11) is -0.739. The van der Waals surface area contributed by atoms with E-state index in [4.69, 9.17) is 4.74 Å². The van der Waals surface area contributed by atoms with Crippen LogP contribution in [0.2, 0.25) is 0 Å². The maximum absolute atomic E-state index is 12.1. The lowest BCUT2D eigenvalue weighted by atomic mass is 10.3. The molecule has 0 fully saturated rings. The summed E-state index contributed by atoms with van der Waals surface area (Å²) >= 11 is 1.56. The quantitative estimate of drug-likeness (QED) is 0.690. The molecule has 0 saturated heterocycles. The number of carbonyl (C=O) groups is 2. The van der Waals surface area contributed by atoms with E-state index in [9.17, 15) is 18.0 Å². The molecule has 0 atom stereocenters. The molecule has 1 amide bonds. The number of nitrogens with one attached hydrogen (secondary N) is 1. The number of hydrogen-bond donors (Lipinski definition) is 1. The lowest BCUT2D eigenvalue weighted by Gasteiger charge is -2.12. The average molecular weight is 396 g/mol. The van der Waals surface area contributed by atoms with Gasteiger partial charge >= 0.3 is 5.97 Å². The minimum atomic E-state index is -3.59. The highest BCUT2D eigenvalue weighted by Crippen LogP contribution is 2.18. The van der Waals surface area contributed by atoms with Crippen molar-refractivity contribution >= 4 is 38.9 Å². The summed E-state index contributed by atoms with van der Waals surface area (Å²) in [6.45, 7) is -0.423. The molecule has 7 nitrogen and oxygen atoms in total. The Morgan fingerprint density at radius 3 is 2.62 bits per heavy atom. The smallest absolute Gasteiger partial charge is 0.306 e. The molecular weight excluding hydrogens is 376 g/mol. The molecule has 1 aromatic heterocycles. The van der Waals surface area contributed by atoms with Gasteiger partial charge in [-0.3, -0.25) is 9.59 Å². The van der Waals surface area contributed by atoms with Gasteiger partial charge in [-0.05, 0) is 36.1 Å². The minimum absolute atomic E-state index is 0.0632. The molecule has 0 aliphatic rings. The Balaban J connectivity index is 1.85. The molecule has 1 N–H and O–H groups in total. The van der Waals surface area contributed by atoms with E-state index in [1.165, 1.54) is 32.3 Å². The Kier molecular flexibility index (Phi) is 6.90. The number of nitrogens with zero attached hydrogens (tertiary/aromatic N) is 1. The normalized spacial score (nSPS) is 11.3. The van der Waals surface area contributed by atoms with Crippen molar-refractivity contribution < 1.29 is 22.7 Å². The molecule has 0 bridgehead atoms. The third-order valence-corrected chi connectivity index (χ3v) is 6.16. The van der Waals surface area contributed by atoms with Crippen LogP contribution in [-0.2, 0) is 30.8 Å². The molecule has 140 valence electrons. The minimum Gasteiger partial charge on any atom is -0.456 e. The van der Waals surface area contributed by atoms with E-state index in [2.05, 4.69) is 5.32 Å². The third kappa shape index (κ3) is 5.65.